The molecule has 3 heterocycles. The molecule has 3 rings (SSSR count). The van der Waals surface area contributed by atoms with Crippen molar-refractivity contribution in [3.05, 3.63) is 16.1 Å². The van der Waals surface area contributed by atoms with Gasteiger partial charge in [0.15, 0.2) is 5.13 Å². The highest BCUT2D eigenvalue weighted by Crippen LogP contribution is 2.38. The Hall–Kier alpha value is -0.980. The number of thiazole rings is 2. The van der Waals surface area contributed by atoms with Crippen molar-refractivity contribution in [2.75, 3.05) is 18.5 Å². The van der Waals surface area contributed by atoms with E-state index in [4.69, 9.17) is 4.74 Å². The fourth-order valence-electron chi connectivity index (χ4n) is 2.18. The van der Waals surface area contributed by atoms with Gasteiger partial charge in [-0.3, -0.25) is 0 Å². The molecule has 102 valence electrons. The molecule has 1 N–H and O–H groups in total. The summed E-state index contributed by atoms with van der Waals surface area (Å²) in [6.45, 7) is 5.89. The average molecular weight is 295 g/mol. The predicted octanol–water partition coefficient (Wildman–Crippen LogP) is 3.86. The second kappa shape index (κ2) is 5.56. The minimum Gasteiger partial charge on any atom is -0.371 e. The molecule has 0 spiro atoms. The zero-order valence-corrected chi connectivity index (χ0v) is 12.7. The topological polar surface area (TPSA) is 47.0 Å². The Morgan fingerprint density at radius 2 is 2.37 bits per heavy atom. The number of anilines is 1. The third kappa shape index (κ3) is 2.66. The van der Waals surface area contributed by atoms with Crippen molar-refractivity contribution in [3.63, 3.8) is 0 Å². The zero-order valence-electron chi connectivity index (χ0n) is 11.1. The molecule has 0 aliphatic carbocycles. The lowest BCUT2D eigenvalue weighted by Crippen LogP contribution is -1.94. The quantitative estimate of drug-likeness (QED) is 0.930. The van der Waals surface area contributed by atoms with Crippen LogP contribution in [-0.2, 0) is 4.74 Å². The van der Waals surface area contributed by atoms with Crippen molar-refractivity contribution in [2.24, 2.45) is 0 Å². The van der Waals surface area contributed by atoms with Crippen LogP contribution >= 0.6 is 22.7 Å². The monoisotopic (exact) mass is 295 g/mol. The van der Waals surface area contributed by atoms with Crippen molar-refractivity contribution >= 4 is 27.8 Å². The van der Waals surface area contributed by atoms with Crippen molar-refractivity contribution in [1.82, 2.24) is 9.97 Å². The lowest BCUT2D eigenvalue weighted by molar-refractivity contribution is 0.111. The Morgan fingerprint density at radius 3 is 3.11 bits per heavy atom. The summed E-state index contributed by atoms with van der Waals surface area (Å²) >= 11 is 3.37. The van der Waals surface area contributed by atoms with Gasteiger partial charge in [0.2, 0.25) is 0 Å². The number of aromatic nitrogens is 2. The molecule has 4 nitrogen and oxygen atoms in total. The van der Waals surface area contributed by atoms with E-state index < -0.39 is 0 Å². The number of rotatable bonds is 4. The summed E-state index contributed by atoms with van der Waals surface area (Å²) in [6, 6.07) is 0. The van der Waals surface area contributed by atoms with E-state index in [1.807, 2.05) is 0 Å². The summed E-state index contributed by atoms with van der Waals surface area (Å²) in [5.74, 6) is 0. The fraction of sp³-hybridized carbons (Fsp3) is 0.538. The van der Waals surface area contributed by atoms with Gasteiger partial charge in [-0.15, -0.1) is 22.7 Å². The van der Waals surface area contributed by atoms with Gasteiger partial charge in [-0.2, -0.15) is 0 Å². The van der Waals surface area contributed by atoms with Gasteiger partial charge in [-0.1, -0.05) is 0 Å². The molecule has 19 heavy (non-hydrogen) atoms. The van der Waals surface area contributed by atoms with Gasteiger partial charge in [0.1, 0.15) is 11.1 Å². The highest BCUT2D eigenvalue weighted by Gasteiger charge is 2.23. The molecule has 1 saturated heterocycles. The van der Waals surface area contributed by atoms with E-state index in [0.717, 1.165) is 47.5 Å². The van der Waals surface area contributed by atoms with E-state index in [1.54, 1.807) is 22.7 Å². The smallest absolute Gasteiger partial charge is 0.183 e. The Balaban J connectivity index is 1.86. The Bertz CT molecular complexity index is 558. The second-order valence-electron chi connectivity index (χ2n) is 4.54. The van der Waals surface area contributed by atoms with Crippen molar-refractivity contribution in [1.29, 1.82) is 0 Å². The molecule has 1 fully saturated rings. The van der Waals surface area contributed by atoms with Crippen molar-refractivity contribution in [2.45, 2.75) is 32.8 Å². The van der Waals surface area contributed by atoms with E-state index >= 15 is 0 Å². The average Bonchev–Trinajstić information content (AvgIpc) is 3.08. The first kappa shape index (κ1) is 13.0. The summed E-state index contributed by atoms with van der Waals surface area (Å²) in [4.78, 5) is 10.4. The van der Waals surface area contributed by atoms with Gasteiger partial charge in [0, 0.05) is 18.5 Å². The van der Waals surface area contributed by atoms with E-state index in [-0.39, 0.29) is 6.10 Å². The molecule has 0 saturated carbocycles. The van der Waals surface area contributed by atoms with Gasteiger partial charge in [0.05, 0.1) is 16.3 Å². The summed E-state index contributed by atoms with van der Waals surface area (Å²) in [5.41, 5.74) is 2.09. The van der Waals surface area contributed by atoms with Crippen LogP contribution in [0.4, 0.5) is 5.13 Å². The maximum absolute atomic E-state index is 5.70. The van der Waals surface area contributed by atoms with Crippen LogP contribution in [0.3, 0.4) is 0 Å². The molecule has 0 aromatic carbocycles. The third-order valence-corrected chi connectivity index (χ3v) is 5.16. The summed E-state index contributed by atoms with van der Waals surface area (Å²) in [6.07, 6.45) is 2.43. The Labute approximate surface area is 120 Å². The maximum atomic E-state index is 5.70. The molecular weight excluding hydrogens is 278 g/mol. The maximum Gasteiger partial charge on any atom is 0.183 e. The van der Waals surface area contributed by atoms with Gasteiger partial charge in [-0.05, 0) is 26.7 Å². The van der Waals surface area contributed by atoms with E-state index in [0.29, 0.717) is 0 Å². The minimum absolute atomic E-state index is 0.198. The first-order chi connectivity index (χ1) is 9.28. The van der Waals surface area contributed by atoms with Gasteiger partial charge < -0.3 is 10.1 Å². The standard InChI is InChI=1S/C13H17N3OS2/c1-3-14-13-16-9(7-18-13)11-8(2)15-12(19-11)10-5-4-6-17-10/h7,10H,3-6H2,1-2H3,(H,14,16). The summed E-state index contributed by atoms with van der Waals surface area (Å²) in [5, 5.41) is 7.42. The molecule has 1 aliphatic heterocycles. The second-order valence-corrected chi connectivity index (χ2v) is 6.43. The van der Waals surface area contributed by atoms with Crippen LogP contribution in [-0.4, -0.2) is 23.1 Å². The van der Waals surface area contributed by atoms with Crippen molar-refractivity contribution < 1.29 is 4.74 Å². The van der Waals surface area contributed by atoms with Gasteiger partial charge >= 0.3 is 0 Å². The first-order valence-corrected chi connectivity index (χ1v) is 8.26. The normalized spacial score (nSPS) is 18.9. The number of hydrogen-bond acceptors (Lipinski definition) is 6. The van der Waals surface area contributed by atoms with Crippen LogP contribution in [0.15, 0.2) is 5.38 Å². The van der Waals surface area contributed by atoms with Gasteiger partial charge in [0.25, 0.3) is 0 Å². The molecule has 2 aromatic heterocycles. The summed E-state index contributed by atoms with van der Waals surface area (Å²) in [7, 11) is 0. The predicted molar refractivity (Wildman–Crippen MR) is 80.0 cm³/mol. The van der Waals surface area contributed by atoms with Gasteiger partial charge in [-0.25, -0.2) is 9.97 Å². The first-order valence-electron chi connectivity index (χ1n) is 6.56. The van der Waals surface area contributed by atoms with E-state index in [2.05, 4.69) is 34.5 Å². The highest BCUT2D eigenvalue weighted by atomic mass is 32.1. The zero-order chi connectivity index (χ0) is 13.2. The molecule has 0 radical (unpaired) electrons. The lowest BCUT2D eigenvalue weighted by Gasteiger charge is -2.03. The molecule has 1 aliphatic rings. The van der Waals surface area contributed by atoms with Crippen molar-refractivity contribution in [3.8, 4) is 10.6 Å². The molecule has 2 aromatic rings. The molecule has 1 atom stereocenters. The van der Waals surface area contributed by atoms with Crippen LogP contribution < -0.4 is 5.32 Å². The number of nitrogens with zero attached hydrogens (tertiary/aromatic N) is 2. The third-order valence-electron chi connectivity index (χ3n) is 3.08. The van der Waals surface area contributed by atoms with E-state index in [9.17, 15) is 0 Å². The minimum atomic E-state index is 0.198. The number of aryl methyl sites for hydroxylation is 1. The molecule has 0 amide bonds. The van der Waals surface area contributed by atoms with Crippen LogP contribution in [0, 0.1) is 6.92 Å². The Kier molecular flexibility index (Phi) is 3.81. The number of hydrogen-bond donors (Lipinski definition) is 1. The van der Waals surface area contributed by atoms with E-state index in [1.165, 1.54) is 4.88 Å². The summed E-state index contributed by atoms with van der Waals surface area (Å²) < 4.78 is 5.70. The fourth-order valence-corrected chi connectivity index (χ4v) is 4.13. The molecule has 1 unspecified atom stereocenters. The number of nitrogens with one attached hydrogen (secondary N) is 1. The lowest BCUT2D eigenvalue weighted by atomic mass is 10.2. The van der Waals surface area contributed by atoms with Crippen LogP contribution in [0.5, 0.6) is 0 Å². The number of ether oxygens (including phenoxy) is 1. The molecule has 6 heteroatoms. The van der Waals surface area contributed by atoms with Crippen LogP contribution in [0.25, 0.3) is 10.6 Å². The highest BCUT2D eigenvalue weighted by molar-refractivity contribution is 7.16. The van der Waals surface area contributed by atoms with Crippen LogP contribution in [0.1, 0.15) is 36.6 Å². The molecule has 0 bridgehead atoms. The molecular formula is C13H17N3OS2. The Morgan fingerprint density at radius 1 is 1.47 bits per heavy atom. The van der Waals surface area contributed by atoms with Crippen LogP contribution in [0.2, 0.25) is 0 Å². The SMILES string of the molecule is CCNc1nc(-c2sc(C3CCCO3)nc2C)cs1. The largest absolute Gasteiger partial charge is 0.371 e.